The molecule has 2 aromatic rings. The molecule has 0 fully saturated rings. The van der Waals surface area contributed by atoms with Crippen molar-refractivity contribution in [2.75, 3.05) is 13.1 Å². The van der Waals surface area contributed by atoms with E-state index in [-0.39, 0.29) is 40.8 Å². The zero-order valence-corrected chi connectivity index (χ0v) is 20.7. The molecule has 0 radical (unpaired) electrons. The van der Waals surface area contributed by atoms with Crippen molar-refractivity contribution in [2.24, 2.45) is 11.8 Å². The molecule has 8 rings (SSSR count). The van der Waals surface area contributed by atoms with E-state index in [0.717, 1.165) is 27.8 Å². The highest BCUT2D eigenvalue weighted by atomic mass is 16.3. The quantitative estimate of drug-likeness (QED) is 0.542. The van der Waals surface area contributed by atoms with Crippen molar-refractivity contribution >= 4 is 11.6 Å². The van der Waals surface area contributed by atoms with Gasteiger partial charge in [-0.15, -0.1) is 0 Å². The van der Waals surface area contributed by atoms with E-state index in [1.54, 1.807) is 42.5 Å². The number of aromatic hydroxyl groups is 3. The number of benzene rings is 2. The molecule has 3 aliphatic carbocycles. The highest BCUT2D eigenvalue weighted by Gasteiger charge is 2.54. The molecule has 0 spiro atoms. The van der Waals surface area contributed by atoms with Crippen molar-refractivity contribution < 1.29 is 24.9 Å². The van der Waals surface area contributed by atoms with Crippen LogP contribution in [0.4, 0.5) is 0 Å². The minimum absolute atomic E-state index is 0.00243. The first-order valence-electron chi connectivity index (χ1n) is 13.0. The molecule has 38 heavy (non-hydrogen) atoms. The van der Waals surface area contributed by atoms with Gasteiger partial charge in [-0.2, -0.15) is 0 Å². The van der Waals surface area contributed by atoms with Gasteiger partial charge in [-0.3, -0.25) is 14.5 Å². The third-order valence-electron chi connectivity index (χ3n) is 8.82. The van der Waals surface area contributed by atoms with Gasteiger partial charge in [0.25, 0.3) is 0 Å². The first-order valence-corrected chi connectivity index (χ1v) is 13.0. The summed E-state index contributed by atoms with van der Waals surface area (Å²) < 4.78 is 0. The minimum atomic E-state index is -0.839. The molecule has 3 N–H and O–H groups in total. The van der Waals surface area contributed by atoms with Crippen LogP contribution in [0.2, 0.25) is 0 Å². The molecule has 0 amide bonds. The molecule has 6 nitrogen and oxygen atoms in total. The average Bonchev–Trinajstić information content (AvgIpc) is 3.21. The lowest BCUT2D eigenvalue weighted by Crippen LogP contribution is -2.53. The maximum atomic E-state index is 13.2. The number of carbonyl (C=O) groups excluding carboxylic acids is 2. The number of phenols is 3. The molecule has 3 heterocycles. The summed E-state index contributed by atoms with van der Waals surface area (Å²) in [5, 5.41) is 32.1. The van der Waals surface area contributed by atoms with Crippen LogP contribution < -0.4 is 0 Å². The third-order valence-corrected chi connectivity index (χ3v) is 8.82. The molecule has 3 aliphatic heterocycles. The molecule has 0 saturated carbocycles. The number of phenolic OH excluding ortho intramolecular Hbond substituents is 3. The zero-order chi connectivity index (χ0) is 26.2. The molecule has 2 aromatic carbocycles. The summed E-state index contributed by atoms with van der Waals surface area (Å²) in [5.74, 6) is -0.616. The second-order valence-corrected chi connectivity index (χ2v) is 10.9. The van der Waals surface area contributed by atoms with Crippen LogP contribution >= 0.6 is 0 Å². The third kappa shape index (κ3) is 3.30. The average molecular weight is 506 g/mol. The maximum absolute atomic E-state index is 13.2. The Kier molecular flexibility index (Phi) is 4.94. The highest BCUT2D eigenvalue weighted by molar-refractivity contribution is 6.03. The van der Waals surface area contributed by atoms with Crippen LogP contribution in [0.15, 0.2) is 95.6 Å². The Bertz CT molecular complexity index is 1570. The van der Waals surface area contributed by atoms with E-state index in [0.29, 0.717) is 31.5 Å². The number of fused-ring (bicyclic) bond motifs is 5. The molecule has 190 valence electrons. The number of hydrogen-bond acceptors (Lipinski definition) is 6. The summed E-state index contributed by atoms with van der Waals surface area (Å²) in [4.78, 5) is 28.2. The molecule has 0 saturated heterocycles. The largest absolute Gasteiger partial charge is 0.508 e. The molecule has 6 aliphatic rings. The van der Waals surface area contributed by atoms with Gasteiger partial charge in [0, 0.05) is 36.7 Å². The van der Waals surface area contributed by atoms with Gasteiger partial charge in [0.15, 0.2) is 11.6 Å². The SMILES string of the molecule is O=C1C=CC2C(=C1)C1=C[C@]3(c4cccc(O)c4)c4c(O)cc(O)cc4C[C@@H]3N(CCC3=CC(=O)C2C=C3)C1. The van der Waals surface area contributed by atoms with Gasteiger partial charge in [0.2, 0.25) is 0 Å². The van der Waals surface area contributed by atoms with Crippen LogP contribution in [-0.4, -0.2) is 50.9 Å². The Balaban J connectivity index is 1.53. The lowest BCUT2D eigenvalue weighted by Gasteiger charge is -2.47. The fourth-order valence-corrected chi connectivity index (χ4v) is 7.27. The van der Waals surface area contributed by atoms with Crippen molar-refractivity contribution in [2.45, 2.75) is 24.3 Å². The topological polar surface area (TPSA) is 98.1 Å². The normalized spacial score (nSPS) is 31.0. The summed E-state index contributed by atoms with van der Waals surface area (Å²) in [6, 6.07) is 10.1. The predicted octanol–water partition coefficient (Wildman–Crippen LogP) is 4.02. The summed E-state index contributed by atoms with van der Waals surface area (Å²) >= 11 is 0. The van der Waals surface area contributed by atoms with Gasteiger partial charge in [0.1, 0.15) is 17.2 Å². The Hall–Kier alpha value is -4.16. The lowest BCUT2D eigenvalue weighted by molar-refractivity contribution is -0.118. The number of allylic oxidation sites excluding steroid dienone is 6. The van der Waals surface area contributed by atoms with E-state index in [1.807, 2.05) is 24.3 Å². The molecular weight excluding hydrogens is 478 g/mol. The van der Waals surface area contributed by atoms with E-state index in [9.17, 15) is 24.9 Å². The van der Waals surface area contributed by atoms with Crippen LogP contribution in [-0.2, 0) is 21.4 Å². The first kappa shape index (κ1) is 23.0. The van der Waals surface area contributed by atoms with Gasteiger partial charge < -0.3 is 15.3 Å². The van der Waals surface area contributed by atoms with Gasteiger partial charge in [-0.25, -0.2) is 0 Å². The second-order valence-electron chi connectivity index (χ2n) is 10.9. The highest BCUT2D eigenvalue weighted by Crippen LogP contribution is 2.56. The van der Waals surface area contributed by atoms with Gasteiger partial charge in [-0.1, -0.05) is 36.4 Å². The molecule has 0 aromatic heterocycles. The fraction of sp³-hybridized carbons (Fsp3) is 0.250. The maximum Gasteiger partial charge on any atom is 0.178 e. The Morgan fingerprint density at radius 2 is 1.76 bits per heavy atom. The van der Waals surface area contributed by atoms with Gasteiger partial charge in [0.05, 0.1) is 11.3 Å². The minimum Gasteiger partial charge on any atom is -0.508 e. The summed E-state index contributed by atoms with van der Waals surface area (Å²) in [5.41, 5.74) is 4.27. The van der Waals surface area contributed by atoms with E-state index in [4.69, 9.17) is 0 Å². The van der Waals surface area contributed by atoms with E-state index in [1.165, 1.54) is 6.07 Å². The fourth-order valence-electron chi connectivity index (χ4n) is 7.27. The van der Waals surface area contributed by atoms with Crippen LogP contribution in [0, 0.1) is 11.8 Å². The number of nitrogens with zero attached hydrogens (tertiary/aromatic N) is 1. The zero-order valence-electron chi connectivity index (χ0n) is 20.7. The van der Waals surface area contributed by atoms with E-state index < -0.39 is 11.3 Å². The lowest BCUT2D eigenvalue weighted by atomic mass is 9.66. The number of ketones is 2. The molecule has 4 bridgehead atoms. The first-order chi connectivity index (χ1) is 18.3. The summed E-state index contributed by atoms with van der Waals surface area (Å²) in [6.07, 6.45) is 14.2. The van der Waals surface area contributed by atoms with Gasteiger partial charge in [-0.05, 0) is 77.1 Å². The van der Waals surface area contributed by atoms with Crippen LogP contribution in [0.5, 0.6) is 17.2 Å². The molecular formula is C32H27NO5. The molecule has 3 unspecified atom stereocenters. The van der Waals surface area contributed by atoms with Gasteiger partial charge >= 0.3 is 0 Å². The van der Waals surface area contributed by atoms with Crippen LogP contribution in [0.3, 0.4) is 0 Å². The predicted molar refractivity (Wildman–Crippen MR) is 142 cm³/mol. The molecule has 5 atom stereocenters. The number of carbonyl (C=O) groups is 2. The Morgan fingerprint density at radius 3 is 2.58 bits per heavy atom. The van der Waals surface area contributed by atoms with E-state index >= 15 is 0 Å². The van der Waals surface area contributed by atoms with Crippen molar-refractivity contribution in [1.29, 1.82) is 0 Å². The van der Waals surface area contributed by atoms with Crippen molar-refractivity contribution in [1.82, 2.24) is 4.90 Å². The summed E-state index contributed by atoms with van der Waals surface area (Å²) in [6.45, 7) is 1.25. The molecule has 6 heteroatoms. The number of rotatable bonds is 1. The van der Waals surface area contributed by atoms with Crippen LogP contribution in [0.1, 0.15) is 23.1 Å². The van der Waals surface area contributed by atoms with E-state index in [2.05, 4.69) is 11.0 Å². The van der Waals surface area contributed by atoms with Crippen molar-refractivity contribution in [3.8, 4) is 17.2 Å². The standard InChI is InChI=1S/C32H27NO5/c34-22-3-1-2-21(13-22)32-16-20-17-33(30(32)12-19-11-24(36)15-29(38)31(19)32)9-8-18-4-6-26(28(37)10-18)25-7-5-23(35)14-27(20)25/h1-7,10-11,13-16,25-26,30,34,36,38H,8-9,12,17H2/t25?,26?,30-,32+/m0/s1. The second kappa shape index (κ2) is 8.17. The Labute approximate surface area is 220 Å². The monoisotopic (exact) mass is 505 g/mol. The van der Waals surface area contributed by atoms with Crippen molar-refractivity contribution in [3.05, 3.63) is 112 Å². The smallest absolute Gasteiger partial charge is 0.178 e. The Morgan fingerprint density at radius 1 is 0.921 bits per heavy atom. The van der Waals surface area contributed by atoms with Crippen LogP contribution in [0.25, 0.3) is 0 Å². The van der Waals surface area contributed by atoms with Crippen molar-refractivity contribution in [3.63, 3.8) is 0 Å². The summed E-state index contributed by atoms with van der Waals surface area (Å²) in [7, 11) is 0. The number of hydrogen-bond donors (Lipinski definition) is 3.